The smallest absolute Gasteiger partial charge is 0.0770 e. The average Bonchev–Trinajstić information content (AvgIpc) is 2.59. The minimum atomic E-state index is 0.729. The van der Waals surface area contributed by atoms with Crippen LogP contribution < -0.4 is 0 Å². The summed E-state index contributed by atoms with van der Waals surface area (Å²) in [7, 11) is 0. The summed E-state index contributed by atoms with van der Waals surface area (Å²) in [6.07, 6.45) is 1.43. The van der Waals surface area contributed by atoms with E-state index in [0.717, 1.165) is 23.5 Å². The first-order chi connectivity index (χ1) is 8.22. The highest BCUT2D eigenvalue weighted by molar-refractivity contribution is 5.82. The van der Waals surface area contributed by atoms with Gasteiger partial charge in [0.25, 0.3) is 0 Å². The van der Waals surface area contributed by atoms with Gasteiger partial charge in [-0.05, 0) is 19.4 Å². The van der Waals surface area contributed by atoms with Crippen molar-refractivity contribution in [1.82, 2.24) is 9.78 Å². The predicted molar refractivity (Wildman–Crippen MR) is 66.6 cm³/mol. The zero-order valence-electron chi connectivity index (χ0n) is 9.96. The van der Waals surface area contributed by atoms with E-state index in [-0.39, 0.29) is 0 Å². The van der Waals surface area contributed by atoms with Crippen LogP contribution in [0, 0.1) is 13.8 Å². The fourth-order valence-corrected chi connectivity index (χ4v) is 1.87. The molecule has 0 saturated heterocycles. The normalized spacial score (nSPS) is 11.2. The van der Waals surface area contributed by atoms with Gasteiger partial charge in [0.2, 0.25) is 0 Å². The van der Waals surface area contributed by atoms with Crippen LogP contribution in [0.5, 0.6) is 0 Å². The fourth-order valence-electron chi connectivity index (χ4n) is 1.87. The molecule has 2 rings (SSSR count). The van der Waals surface area contributed by atoms with Gasteiger partial charge in [0.15, 0.2) is 0 Å². The van der Waals surface area contributed by atoms with Crippen molar-refractivity contribution < 1.29 is 5.21 Å². The largest absolute Gasteiger partial charge is 0.411 e. The number of nitrogens with zero attached hydrogens (tertiary/aromatic N) is 3. The average molecular weight is 229 g/mol. The lowest BCUT2D eigenvalue weighted by atomic mass is 10.2. The Kier molecular flexibility index (Phi) is 3.23. The van der Waals surface area contributed by atoms with E-state index in [2.05, 4.69) is 22.4 Å². The molecule has 0 fully saturated rings. The zero-order valence-corrected chi connectivity index (χ0v) is 9.96. The van der Waals surface area contributed by atoms with Gasteiger partial charge in [-0.15, -0.1) is 0 Å². The predicted octanol–water partition coefficient (Wildman–Crippen LogP) is 2.36. The molecule has 2 aromatic rings. The van der Waals surface area contributed by atoms with Crippen LogP contribution in [0.1, 0.15) is 22.5 Å². The van der Waals surface area contributed by atoms with E-state index >= 15 is 0 Å². The maximum atomic E-state index is 8.60. The molecule has 0 bridgehead atoms. The molecule has 88 valence electrons. The van der Waals surface area contributed by atoms with Crippen LogP contribution >= 0.6 is 0 Å². The first kappa shape index (κ1) is 11.4. The number of aryl methyl sites for hydroxylation is 1. The van der Waals surface area contributed by atoms with Gasteiger partial charge in [-0.1, -0.05) is 35.5 Å². The van der Waals surface area contributed by atoms with Gasteiger partial charge in [-0.25, -0.2) is 0 Å². The van der Waals surface area contributed by atoms with Crippen molar-refractivity contribution in [2.45, 2.75) is 20.4 Å². The third-order valence-electron chi connectivity index (χ3n) is 2.80. The molecule has 1 aromatic heterocycles. The number of rotatable bonds is 3. The van der Waals surface area contributed by atoms with E-state index < -0.39 is 0 Å². The van der Waals surface area contributed by atoms with Gasteiger partial charge in [0, 0.05) is 11.3 Å². The fraction of sp³-hybridized carbons (Fsp3) is 0.231. The van der Waals surface area contributed by atoms with Crippen LogP contribution in [0.3, 0.4) is 0 Å². The molecular weight excluding hydrogens is 214 g/mol. The lowest BCUT2D eigenvalue weighted by molar-refractivity contribution is 0.322. The molecule has 0 radical (unpaired) electrons. The molecule has 0 amide bonds. The third kappa shape index (κ3) is 2.36. The van der Waals surface area contributed by atoms with Gasteiger partial charge >= 0.3 is 0 Å². The highest BCUT2D eigenvalue weighted by Gasteiger charge is 2.09. The number of oxime groups is 1. The summed E-state index contributed by atoms with van der Waals surface area (Å²) in [6, 6.07) is 10.1. The van der Waals surface area contributed by atoms with Crippen LogP contribution in [-0.4, -0.2) is 21.2 Å². The maximum Gasteiger partial charge on any atom is 0.0770 e. The highest BCUT2D eigenvalue weighted by Crippen LogP contribution is 2.12. The number of aromatic nitrogens is 2. The molecule has 0 unspecified atom stereocenters. The second kappa shape index (κ2) is 4.82. The second-order valence-corrected chi connectivity index (χ2v) is 3.97. The molecule has 0 aliphatic heterocycles. The molecule has 4 nitrogen and oxygen atoms in total. The van der Waals surface area contributed by atoms with E-state index in [1.165, 1.54) is 11.8 Å². The molecule has 0 atom stereocenters. The van der Waals surface area contributed by atoms with Crippen molar-refractivity contribution in [2.24, 2.45) is 5.16 Å². The maximum absolute atomic E-state index is 8.60. The molecule has 0 aliphatic rings. The van der Waals surface area contributed by atoms with Crippen molar-refractivity contribution in [3.63, 3.8) is 0 Å². The monoisotopic (exact) mass is 229 g/mol. The van der Waals surface area contributed by atoms with Gasteiger partial charge in [0.1, 0.15) is 0 Å². The van der Waals surface area contributed by atoms with Gasteiger partial charge in [-0.2, -0.15) is 5.10 Å². The molecule has 1 heterocycles. The SMILES string of the molecule is Cc1nn(Cc2ccccc2)c(C)c1C=NO. The van der Waals surface area contributed by atoms with Gasteiger partial charge in [0.05, 0.1) is 18.5 Å². The van der Waals surface area contributed by atoms with Gasteiger partial charge < -0.3 is 5.21 Å². The molecule has 0 saturated carbocycles. The van der Waals surface area contributed by atoms with Crippen LogP contribution in [0.2, 0.25) is 0 Å². The molecule has 0 aliphatic carbocycles. The Labute approximate surface area is 100 Å². The number of benzene rings is 1. The Morgan fingerprint density at radius 2 is 2.00 bits per heavy atom. The first-order valence-corrected chi connectivity index (χ1v) is 5.47. The van der Waals surface area contributed by atoms with E-state index in [1.54, 1.807) is 0 Å². The summed E-state index contributed by atoms with van der Waals surface area (Å²) in [5.74, 6) is 0. The van der Waals surface area contributed by atoms with Gasteiger partial charge in [-0.3, -0.25) is 4.68 Å². The van der Waals surface area contributed by atoms with E-state index in [0.29, 0.717) is 0 Å². The number of hydrogen-bond donors (Lipinski definition) is 1. The highest BCUT2D eigenvalue weighted by atomic mass is 16.4. The zero-order chi connectivity index (χ0) is 12.3. The second-order valence-electron chi connectivity index (χ2n) is 3.97. The van der Waals surface area contributed by atoms with E-state index in [4.69, 9.17) is 5.21 Å². The Morgan fingerprint density at radius 3 is 2.65 bits per heavy atom. The summed E-state index contributed by atoms with van der Waals surface area (Å²) >= 11 is 0. The van der Waals surface area contributed by atoms with E-state index in [1.807, 2.05) is 36.7 Å². The summed E-state index contributed by atoms with van der Waals surface area (Å²) in [6.45, 7) is 4.61. The Balaban J connectivity index is 2.32. The van der Waals surface area contributed by atoms with Crippen molar-refractivity contribution in [2.75, 3.05) is 0 Å². The van der Waals surface area contributed by atoms with Crippen LogP contribution in [0.25, 0.3) is 0 Å². The molecular formula is C13H15N3O. The Bertz CT molecular complexity index is 529. The topological polar surface area (TPSA) is 50.4 Å². The Hall–Kier alpha value is -2.10. The minimum absolute atomic E-state index is 0.729. The molecule has 1 aromatic carbocycles. The molecule has 4 heteroatoms. The van der Waals surface area contributed by atoms with Crippen LogP contribution in [0.4, 0.5) is 0 Å². The summed E-state index contributed by atoms with van der Waals surface area (Å²) < 4.78 is 1.92. The first-order valence-electron chi connectivity index (χ1n) is 5.47. The molecule has 17 heavy (non-hydrogen) atoms. The summed E-state index contributed by atoms with van der Waals surface area (Å²) in [4.78, 5) is 0. The van der Waals surface area contributed by atoms with Crippen molar-refractivity contribution >= 4 is 6.21 Å². The molecule has 1 N–H and O–H groups in total. The minimum Gasteiger partial charge on any atom is -0.411 e. The Morgan fingerprint density at radius 1 is 1.29 bits per heavy atom. The summed E-state index contributed by atoms with van der Waals surface area (Å²) in [5.41, 5.74) is 3.95. The lowest BCUT2D eigenvalue weighted by Crippen LogP contribution is -2.04. The van der Waals surface area contributed by atoms with E-state index in [9.17, 15) is 0 Å². The van der Waals surface area contributed by atoms with Crippen molar-refractivity contribution in [3.8, 4) is 0 Å². The molecule has 0 spiro atoms. The quantitative estimate of drug-likeness (QED) is 0.499. The van der Waals surface area contributed by atoms with Crippen molar-refractivity contribution in [3.05, 3.63) is 52.8 Å². The van der Waals surface area contributed by atoms with Crippen LogP contribution in [0.15, 0.2) is 35.5 Å². The standard InChI is InChI=1S/C13H15N3O/c1-10-13(8-14-17)11(2)16(15-10)9-12-6-4-3-5-7-12/h3-8,17H,9H2,1-2H3. The lowest BCUT2D eigenvalue weighted by Gasteiger charge is -2.04. The number of hydrogen-bond acceptors (Lipinski definition) is 3. The van der Waals surface area contributed by atoms with Crippen LogP contribution in [-0.2, 0) is 6.54 Å². The summed E-state index contributed by atoms with van der Waals surface area (Å²) in [5, 5.41) is 16.1. The third-order valence-corrected chi connectivity index (χ3v) is 2.80. The van der Waals surface area contributed by atoms with Crippen molar-refractivity contribution in [1.29, 1.82) is 0 Å².